The van der Waals surface area contributed by atoms with Crippen molar-refractivity contribution in [1.29, 1.82) is 0 Å². The van der Waals surface area contributed by atoms with Crippen molar-refractivity contribution in [3.63, 3.8) is 0 Å². The van der Waals surface area contributed by atoms with Crippen LogP contribution in [0, 0.1) is 0 Å². The Kier molecular flexibility index (Phi) is 5.79. The van der Waals surface area contributed by atoms with E-state index in [1.807, 2.05) is 42.5 Å². The van der Waals surface area contributed by atoms with Gasteiger partial charge in [0.1, 0.15) is 18.1 Å². The fourth-order valence-electron chi connectivity index (χ4n) is 3.93. The molecule has 0 atom stereocenters. The number of carbonyl (C=O) groups excluding carboxylic acids is 1. The molecule has 5 rings (SSSR count). The predicted octanol–water partition coefficient (Wildman–Crippen LogP) is 7.44. The lowest BCUT2D eigenvalue weighted by atomic mass is 9.90. The SMILES string of the molecule is CCOC(=O)c1[nH]nc2c1COc1cc(-c3ccc(Cl)cc3)c(-c3ccc(Cl)cc3Cl)cc1-2. The van der Waals surface area contributed by atoms with E-state index in [1.54, 1.807) is 19.1 Å². The molecule has 166 valence electrons. The number of esters is 1. The number of halogens is 3. The number of benzene rings is 3. The van der Waals surface area contributed by atoms with Gasteiger partial charge in [0.2, 0.25) is 0 Å². The fourth-order valence-corrected chi connectivity index (χ4v) is 4.57. The number of rotatable bonds is 4. The van der Waals surface area contributed by atoms with Crippen LogP contribution >= 0.6 is 34.8 Å². The molecule has 0 radical (unpaired) electrons. The maximum atomic E-state index is 12.3. The molecule has 1 aliphatic rings. The number of fused-ring (bicyclic) bond motifs is 3. The van der Waals surface area contributed by atoms with E-state index in [9.17, 15) is 4.79 Å². The second-order valence-electron chi connectivity index (χ2n) is 7.46. The molecule has 2 heterocycles. The molecule has 1 aromatic heterocycles. The number of hydrogen-bond acceptors (Lipinski definition) is 4. The molecule has 0 amide bonds. The Hall–Kier alpha value is -2.99. The molecule has 8 heteroatoms. The molecule has 0 unspecified atom stereocenters. The van der Waals surface area contributed by atoms with E-state index < -0.39 is 5.97 Å². The number of nitrogens with one attached hydrogen (secondary N) is 1. The second kappa shape index (κ2) is 8.75. The molecule has 3 aromatic carbocycles. The van der Waals surface area contributed by atoms with Crippen LogP contribution in [0.3, 0.4) is 0 Å². The summed E-state index contributed by atoms with van der Waals surface area (Å²) in [4.78, 5) is 12.3. The quantitative estimate of drug-likeness (QED) is 0.296. The largest absolute Gasteiger partial charge is 0.488 e. The number of ether oxygens (including phenoxy) is 2. The van der Waals surface area contributed by atoms with Crippen molar-refractivity contribution in [2.24, 2.45) is 0 Å². The zero-order valence-electron chi connectivity index (χ0n) is 17.4. The molecule has 33 heavy (non-hydrogen) atoms. The van der Waals surface area contributed by atoms with Crippen molar-refractivity contribution < 1.29 is 14.3 Å². The van der Waals surface area contributed by atoms with E-state index in [0.717, 1.165) is 27.8 Å². The normalized spacial score (nSPS) is 12.0. The molecule has 0 fully saturated rings. The Bertz CT molecular complexity index is 1380. The lowest BCUT2D eigenvalue weighted by Gasteiger charge is -2.21. The van der Waals surface area contributed by atoms with Gasteiger partial charge < -0.3 is 9.47 Å². The lowest BCUT2D eigenvalue weighted by molar-refractivity contribution is 0.0516. The number of aromatic nitrogens is 2. The van der Waals surface area contributed by atoms with Crippen LogP contribution in [-0.2, 0) is 11.3 Å². The van der Waals surface area contributed by atoms with Gasteiger partial charge >= 0.3 is 5.97 Å². The minimum absolute atomic E-state index is 0.202. The summed E-state index contributed by atoms with van der Waals surface area (Å²) in [7, 11) is 0. The van der Waals surface area contributed by atoms with Crippen LogP contribution in [0.15, 0.2) is 54.6 Å². The fraction of sp³-hybridized carbons (Fsp3) is 0.120. The minimum Gasteiger partial charge on any atom is -0.488 e. The van der Waals surface area contributed by atoms with E-state index >= 15 is 0 Å². The van der Waals surface area contributed by atoms with Crippen LogP contribution in [0.25, 0.3) is 33.5 Å². The Balaban J connectivity index is 1.73. The van der Waals surface area contributed by atoms with Gasteiger partial charge in [0.15, 0.2) is 5.69 Å². The van der Waals surface area contributed by atoms with Gasteiger partial charge in [-0.05, 0) is 60.0 Å². The third-order valence-corrected chi connectivity index (χ3v) is 6.27. The summed E-state index contributed by atoms with van der Waals surface area (Å²) < 4.78 is 11.2. The smallest absolute Gasteiger partial charge is 0.356 e. The first-order valence-corrected chi connectivity index (χ1v) is 11.4. The lowest BCUT2D eigenvalue weighted by Crippen LogP contribution is -2.12. The molecule has 0 spiro atoms. The summed E-state index contributed by atoms with van der Waals surface area (Å²) >= 11 is 18.8. The molecule has 1 aliphatic heterocycles. The molecule has 0 aliphatic carbocycles. The van der Waals surface area contributed by atoms with Crippen molar-refractivity contribution >= 4 is 40.8 Å². The number of H-pyrrole nitrogens is 1. The van der Waals surface area contributed by atoms with Crippen LogP contribution in [0.5, 0.6) is 5.75 Å². The number of aromatic amines is 1. The van der Waals surface area contributed by atoms with Crippen LogP contribution < -0.4 is 4.74 Å². The third-order valence-electron chi connectivity index (χ3n) is 5.47. The van der Waals surface area contributed by atoms with Gasteiger partial charge in [-0.1, -0.05) is 53.0 Å². The topological polar surface area (TPSA) is 64.2 Å². The zero-order chi connectivity index (χ0) is 23.1. The van der Waals surface area contributed by atoms with Gasteiger partial charge in [0.25, 0.3) is 0 Å². The summed E-state index contributed by atoms with van der Waals surface area (Å²) in [5.41, 5.74) is 5.90. The van der Waals surface area contributed by atoms with Gasteiger partial charge in [-0.15, -0.1) is 0 Å². The first kappa shape index (κ1) is 21.8. The molecule has 5 nitrogen and oxygen atoms in total. The zero-order valence-corrected chi connectivity index (χ0v) is 19.7. The van der Waals surface area contributed by atoms with E-state index in [4.69, 9.17) is 44.3 Å². The highest BCUT2D eigenvalue weighted by Crippen LogP contribution is 2.46. The van der Waals surface area contributed by atoms with E-state index in [-0.39, 0.29) is 13.2 Å². The average molecular weight is 500 g/mol. The Labute approximate surface area is 205 Å². The standard InChI is InChI=1S/C25H17Cl3N2O3/c1-2-32-25(31)24-20-12-33-22-11-17(13-3-5-14(26)6-4-13)18(10-19(22)23(20)29-30-24)16-8-7-15(27)9-21(16)28/h3-11H,2,12H2,1H3,(H,29,30). The summed E-state index contributed by atoms with van der Waals surface area (Å²) in [6.45, 7) is 2.23. The van der Waals surface area contributed by atoms with Crippen LogP contribution in [-0.4, -0.2) is 22.8 Å². The van der Waals surface area contributed by atoms with Crippen LogP contribution in [0.1, 0.15) is 23.0 Å². The second-order valence-corrected chi connectivity index (χ2v) is 8.74. The Morgan fingerprint density at radius 2 is 1.73 bits per heavy atom. The molecular weight excluding hydrogens is 483 g/mol. The summed E-state index contributed by atoms with van der Waals surface area (Å²) in [5, 5.41) is 8.93. The minimum atomic E-state index is -0.461. The highest BCUT2D eigenvalue weighted by atomic mass is 35.5. The molecule has 4 aromatic rings. The van der Waals surface area contributed by atoms with Crippen LogP contribution in [0.2, 0.25) is 15.1 Å². The molecule has 1 N–H and O–H groups in total. The van der Waals surface area contributed by atoms with E-state index in [0.29, 0.717) is 37.8 Å². The maximum absolute atomic E-state index is 12.3. The number of carbonyl (C=O) groups is 1. The van der Waals surface area contributed by atoms with Gasteiger partial charge in [0.05, 0.1) is 12.2 Å². The van der Waals surface area contributed by atoms with E-state index in [1.165, 1.54) is 0 Å². The highest BCUT2D eigenvalue weighted by Gasteiger charge is 2.29. The average Bonchev–Trinajstić information content (AvgIpc) is 3.24. The van der Waals surface area contributed by atoms with Crippen molar-refractivity contribution in [2.45, 2.75) is 13.5 Å². The number of nitrogens with zero attached hydrogens (tertiary/aromatic N) is 1. The maximum Gasteiger partial charge on any atom is 0.356 e. The van der Waals surface area contributed by atoms with Crippen molar-refractivity contribution in [1.82, 2.24) is 10.2 Å². The molecule has 0 saturated carbocycles. The van der Waals surface area contributed by atoms with Gasteiger partial charge in [-0.2, -0.15) is 5.10 Å². The summed E-state index contributed by atoms with van der Waals surface area (Å²) in [6.07, 6.45) is 0. The molecule has 0 bridgehead atoms. The first-order chi connectivity index (χ1) is 16.0. The molecular formula is C25H17Cl3N2O3. The highest BCUT2D eigenvalue weighted by molar-refractivity contribution is 6.36. The third kappa shape index (κ3) is 3.97. The van der Waals surface area contributed by atoms with Gasteiger partial charge in [-0.25, -0.2) is 4.79 Å². The van der Waals surface area contributed by atoms with Crippen LogP contribution in [0.4, 0.5) is 0 Å². The van der Waals surface area contributed by atoms with Crippen molar-refractivity contribution in [2.75, 3.05) is 6.61 Å². The van der Waals surface area contributed by atoms with Gasteiger partial charge in [-0.3, -0.25) is 5.10 Å². The van der Waals surface area contributed by atoms with Crippen molar-refractivity contribution in [3.8, 4) is 39.3 Å². The summed E-state index contributed by atoms with van der Waals surface area (Å²) in [6, 6.07) is 16.9. The van der Waals surface area contributed by atoms with Crippen molar-refractivity contribution in [3.05, 3.63) is 80.9 Å². The monoisotopic (exact) mass is 498 g/mol. The van der Waals surface area contributed by atoms with Gasteiger partial charge in [0, 0.05) is 26.2 Å². The Morgan fingerprint density at radius 3 is 2.45 bits per heavy atom. The predicted molar refractivity (Wildman–Crippen MR) is 130 cm³/mol. The van der Waals surface area contributed by atoms with E-state index in [2.05, 4.69) is 10.2 Å². The first-order valence-electron chi connectivity index (χ1n) is 10.2. The number of hydrogen-bond donors (Lipinski definition) is 1. The molecule has 0 saturated heterocycles. The Morgan fingerprint density at radius 1 is 0.970 bits per heavy atom. The summed E-state index contributed by atoms with van der Waals surface area (Å²) in [5.74, 6) is 0.195.